The third-order valence-electron chi connectivity index (χ3n) is 9.38. The quantitative estimate of drug-likeness (QED) is 0.215. The van der Waals surface area contributed by atoms with Crippen LogP contribution in [0.4, 0.5) is 0 Å². The van der Waals surface area contributed by atoms with Gasteiger partial charge in [0, 0.05) is 0 Å². The van der Waals surface area contributed by atoms with Gasteiger partial charge in [-0.25, -0.2) is 0 Å². The van der Waals surface area contributed by atoms with Crippen molar-refractivity contribution in [2.24, 2.45) is 0 Å². The lowest BCUT2D eigenvalue weighted by Crippen LogP contribution is -2.74. The summed E-state index contributed by atoms with van der Waals surface area (Å²) in [5, 5.41) is 12.5. The number of rotatable bonds is 12. The van der Waals surface area contributed by atoms with Crippen LogP contribution in [0, 0.1) is 0 Å². The van der Waals surface area contributed by atoms with Crippen molar-refractivity contribution in [3.05, 3.63) is 108 Å². The number of aliphatic hydroxyl groups is 1. The van der Waals surface area contributed by atoms with Gasteiger partial charge in [-0.15, -0.1) is 0 Å². The third-order valence-corrected chi connectivity index (χ3v) is 13.9. The molecule has 5 rings (SSSR count). The summed E-state index contributed by atoms with van der Waals surface area (Å²) in [4.78, 5) is 0. The van der Waals surface area contributed by atoms with Crippen LogP contribution in [0.5, 0.6) is 0 Å². The first-order valence-corrected chi connectivity index (χ1v) is 18.9. The van der Waals surface area contributed by atoms with Gasteiger partial charge in [-0.1, -0.05) is 112 Å². The lowest BCUT2D eigenvalue weighted by molar-refractivity contribution is -0.286. The van der Waals surface area contributed by atoms with Gasteiger partial charge < -0.3 is 33.2 Å². The first-order valence-electron chi connectivity index (χ1n) is 16.0. The summed E-state index contributed by atoms with van der Waals surface area (Å²) in [5.41, 5.74) is 1.68. The predicted molar refractivity (Wildman–Crippen MR) is 177 cm³/mol. The molecular weight excluding hydrogens is 584 g/mol. The Kier molecular flexibility index (Phi) is 10.4. The van der Waals surface area contributed by atoms with Crippen molar-refractivity contribution < 1.29 is 33.2 Å². The molecule has 0 amide bonds. The second-order valence-electron chi connectivity index (χ2n) is 14.3. The van der Waals surface area contributed by atoms with Crippen LogP contribution >= 0.6 is 0 Å². The highest BCUT2D eigenvalue weighted by molar-refractivity contribution is 6.74. The second-order valence-corrected chi connectivity index (χ2v) is 19.0. The van der Waals surface area contributed by atoms with Crippen LogP contribution in [0.1, 0.15) is 51.3 Å². The van der Waals surface area contributed by atoms with E-state index in [4.69, 9.17) is 28.1 Å². The van der Waals surface area contributed by atoms with E-state index in [1.807, 2.05) is 105 Å². The van der Waals surface area contributed by atoms with Crippen molar-refractivity contribution in [2.75, 3.05) is 6.61 Å². The van der Waals surface area contributed by atoms with E-state index in [1.54, 1.807) is 0 Å². The monoisotopic (exact) mass is 634 g/mol. The summed E-state index contributed by atoms with van der Waals surface area (Å²) in [6.07, 6.45) is -3.80. The largest absolute Gasteiger partial charge is 0.408 e. The van der Waals surface area contributed by atoms with E-state index < -0.39 is 50.2 Å². The molecule has 2 fully saturated rings. The molecule has 0 bridgehead atoms. The van der Waals surface area contributed by atoms with Crippen LogP contribution in [0.3, 0.4) is 0 Å². The maximum atomic E-state index is 12.6. The number of aliphatic hydroxyl groups excluding tert-OH is 1. The Morgan fingerprint density at radius 1 is 0.733 bits per heavy atom. The lowest BCUT2D eigenvalue weighted by Gasteiger charge is -2.54. The molecule has 1 saturated heterocycles. The zero-order valence-corrected chi connectivity index (χ0v) is 28.8. The van der Waals surface area contributed by atoms with Crippen molar-refractivity contribution in [1.29, 1.82) is 0 Å². The van der Waals surface area contributed by atoms with Crippen molar-refractivity contribution in [2.45, 2.75) is 114 Å². The third kappa shape index (κ3) is 7.77. The average molecular weight is 635 g/mol. The van der Waals surface area contributed by atoms with Gasteiger partial charge in [-0.05, 0) is 48.7 Å². The number of hydrogen-bond donors (Lipinski definition) is 1. The van der Waals surface area contributed by atoms with Crippen LogP contribution in [-0.2, 0) is 47.9 Å². The SMILES string of the molecule is CC1(C)O[C@H]2[C@@H](O[Si](C)(C)C(C)(C)C)[C@H](OCc3ccccc3)[C@@H](O)[C@](COCc3ccccc3)(OCc3ccccc3)[C@H]2O1. The number of hydrogen-bond acceptors (Lipinski definition) is 7. The summed E-state index contributed by atoms with van der Waals surface area (Å²) in [7, 11) is -2.36. The fourth-order valence-electron chi connectivity index (χ4n) is 5.90. The summed E-state index contributed by atoms with van der Waals surface area (Å²) >= 11 is 0. The van der Waals surface area contributed by atoms with E-state index in [9.17, 15) is 5.11 Å². The molecule has 0 radical (unpaired) electrons. The molecule has 0 aromatic heterocycles. The van der Waals surface area contributed by atoms with Gasteiger partial charge in [0.25, 0.3) is 0 Å². The van der Waals surface area contributed by atoms with Gasteiger partial charge in [-0.2, -0.15) is 0 Å². The Labute approximate surface area is 269 Å². The molecule has 3 aromatic rings. The van der Waals surface area contributed by atoms with Crippen LogP contribution in [0.2, 0.25) is 18.1 Å². The number of ether oxygens (including phenoxy) is 5. The van der Waals surface area contributed by atoms with Crippen molar-refractivity contribution in [3.8, 4) is 0 Å². The molecule has 244 valence electrons. The highest BCUT2D eigenvalue weighted by atomic mass is 28.4. The van der Waals surface area contributed by atoms with Gasteiger partial charge in [0.15, 0.2) is 14.1 Å². The minimum absolute atomic E-state index is 0.0640. The first kappa shape index (κ1) is 33.9. The highest BCUT2D eigenvalue weighted by Crippen LogP contribution is 2.49. The van der Waals surface area contributed by atoms with Crippen molar-refractivity contribution in [1.82, 2.24) is 0 Å². The molecular formula is C37H50O7Si. The van der Waals surface area contributed by atoms with Crippen LogP contribution in [0.15, 0.2) is 91.0 Å². The van der Waals surface area contributed by atoms with E-state index in [2.05, 4.69) is 33.9 Å². The van der Waals surface area contributed by atoms with E-state index in [-0.39, 0.29) is 18.3 Å². The van der Waals surface area contributed by atoms with Gasteiger partial charge in [0.1, 0.15) is 36.1 Å². The van der Waals surface area contributed by atoms with E-state index in [0.29, 0.717) is 13.2 Å². The van der Waals surface area contributed by atoms with Gasteiger partial charge in [-0.3, -0.25) is 0 Å². The van der Waals surface area contributed by atoms with Crippen molar-refractivity contribution >= 4 is 8.32 Å². The molecule has 1 aliphatic carbocycles. The maximum Gasteiger partial charge on any atom is 0.192 e. The Hall–Kier alpha value is -2.40. The topological polar surface area (TPSA) is 75.6 Å². The first-order chi connectivity index (χ1) is 21.3. The van der Waals surface area contributed by atoms with E-state index in [1.165, 1.54) is 0 Å². The Balaban J connectivity index is 1.55. The molecule has 1 N–H and O–H groups in total. The highest BCUT2D eigenvalue weighted by Gasteiger charge is 2.68. The Bertz CT molecular complexity index is 1350. The second kappa shape index (κ2) is 13.8. The number of fused-ring (bicyclic) bond motifs is 1. The fraction of sp³-hybridized carbons (Fsp3) is 0.514. The molecule has 1 saturated carbocycles. The van der Waals surface area contributed by atoms with Gasteiger partial charge in [0.05, 0.1) is 26.4 Å². The standard InChI is InChI=1S/C37H50O7Si/c1-35(2,3)45(6,7)44-30-31(40-24-28-19-13-9-14-20-28)33(38)37(34-32(30)42-36(4,5)43-34,41-25-29-21-15-10-16-22-29)26-39-23-27-17-11-8-12-18-27/h8-22,30-34,38H,23-26H2,1-7H3/t30-,31-,32-,33+,34-,37-/m0/s1. The maximum absolute atomic E-state index is 12.6. The molecule has 3 aromatic carbocycles. The molecule has 45 heavy (non-hydrogen) atoms. The average Bonchev–Trinajstić information content (AvgIpc) is 3.34. The minimum atomic E-state index is -2.36. The summed E-state index contributed by atoms with van der Waals surface area (Å²) in [6, 6.07) is 29.9. The van der Waals surface area contributed by atoms with E-state index >= 15 is 0 Å². The summed E-state index contributed by atoms with van der Waals surface area (Å²) in [5.74, 6) is -0.945. The normalized spacial score (nSPS) is 28.1. The Morgan fingerprint density at radius 3 is 1.78 bits per heavy atom. The lowest BCUT2D eigenvalue weighted by atomic mass is 9.74. The molecule has 1 aliphatic heterocycles. The molecule has 2 aliphatic rings. The van der Waals surface area contributed by atoms with Gasteiger partial charge >= 0.3 is 0 Å². The van der Waals surface area contributed by atoms with Crippen LogP contribution < -0.4 is 0 Å². The molecule has 0 spiro atoms. The van der Waals surface area contributed by atoms with Crippen LogP contribution in [0.25, 0.3) is 0 Å². The predicted octanol–water partition coefficient (Wildman–Crippen LogP) is 7.03. The molecule has 0 unspecified atom stereocenters. The zero-order valence-electron chi connectivity index (χ0n) is 27.8. The number of benzene rings is 3. The molecule has 1 heterocycles. The summed E-state index contributed by atoms with van der Waals surface area (Å²) in [6.45, 7) is 15.8. The van der Waals surface area contributed by atoms with Crippen molar-refractivity contribution in [3.63, 3.8) is 0 Å². The Morgan fingerprint density at radius 2 is 1.24 bits per heavy atom. The zero-order chi connectivity index (χ0) is 32.3. The van der Waals surface area contributed by atoms with E-state index in [0.717, 1.165) is 16.7 Å². The molecule has 7 nitrogen and oxygen atoms in total. The fourth-order valence-corrected chi connectivity index (χ4v) is 7.20. The minimum Gasteiger partial charge on any atom is -0.408 e. The van der Waals surface area contributed by atoms with Gasteiger partial charge in [0.2, 0.25) is 0 Å². The smallest absolute Gasteiger partial charge is 0.192 e. The molecule has 8 heteroatoms. The molecule has 6 atom stereocenters. The van der Waals surface area contributed by atoms with Crippen LogP contribution in [-0.4, -0.2) is 61.9 Å². The summed E-state index contributed by atoms with van der Waals surface area (Å²) < 4.78 is 40.3.